The molecule has 0 heterocycles. The topological polar surface area (TPSA) is 41.5 Å². The van der Waals surface area contributed by atoms with Crippen LogP contribution in [0.4, 0.5) is 0 Å². The van der Waals surface area contributed by atoms with Crippen LogP contribution in [-0.2, 0) is 6.54 Å². The lowest BCUT2D eigenvalue weighted by Crippen LogP contribution is -2.31. The first-order valence-corrected chi connectivity index (χ1v) is 6.34. The summed E-state index contributed by atoms with van der Waals surface area (Å²) >= 11 is 6.09. The van der Waals surface area contributed by atoms with E-state index < -0.39 is 0 Å². The number of ether oxygens (including phenoxy) is 1. The van der Waals surface area contributed by atoms with Crippen molar-refractivity contribution in [1.29, 1.82) is 0 Å². The van der Waals surface area contributed by atoms with Crippen molar-refractivity contribution in [2.45, 2.75) is 32.9 Å². The van der Waals surface area contributed by atoms with Gasteiger partial charge in [0.2, 0.25) is 0 Å². The van der Waals surface area contributed by atoms with E-state index in [1.807, 2.05) is 32.0 Å². The summed E-state index contributed by atoms with van der Waals surface area (Å²) in [5, 5.41) is 13.0. The van der Waals surface area contributed by atoms with E-state index in [9.17, 15) is 0 Å². The first-order valence-electron chi connectivity index (χ1n) is 5.96. The maximum atomic E-state index is 9.06. The van der Waals surface area contributed by atoms with Gasteiger partial charge in [0.25, 0.3) is 0 Å². The minimum absolute atomic E-state index is 0.139. The molecule has 4 heteroatoms. The molecule has 3 nitrogen and oxygen atoms in total. The lowest BCUT2D eigenvalue weighted by Gasteiger charge is -2.14. The smallest absolute Gasteiger partial charge is 0.137 e. The third-order valence-electron chi connectivity index (χ3n) is 2.60. The zero-order valence-corrected chi connectivity index (χ0v) is 11.1. The summed E-state index contributed by atoms with van der Waals surface area (Å²) in [6.45, 7) is 5.43. The predicted octanol–water partition coefficient (Wildman–Crippen LogP) is 2.60. The van der Waals surface area contributed by atoms with E-state index in [1.54, 1.807) is 0 Å². The second-order valence-electron chi connectivity index (χ2n) is 3.87. The fraction of sp³-hybridized carbons (Fsp3) is 0.538. The summed E-state index contributed by atoms with van der Waals surface area (Å²) in [5.74, 6) is 0.715. The third kappa shape index (κ3) is 4.54. The summed E-state index contributed by atoms with van der Waals surface area (Å²) in [7, 11) is 0. The molecule has 0 saturated carbocycles. The number of hydrogen-bond donors (Lipinski definition) is 2. The molecule has 0 aliphatic heterocycles. The van der Waals surface area contributed by atoms with Crippen molar-refractivity contribution < 1.29 is 9.84 Å². The number of benzene rings is 1. The molecule has 0 fully saturated rings. The molecule has 0 amide bonds. The lowest BCUT2D eigenvalue weighted by molar-refractivity contribution is 0.238. The molecule has 0 aliphatic carbocycles. The average Bonchev–Trinajstić information content (AvgIpc) is 2.34. The summed E-state index contributed by atoms with van der Waals surface area (Å²) < 4.78 is 5.37. The van der Waals surface area contributed by atoms with Gasteiger partial charge >= 0.3 is 0 Å². The molecule has 0 unspecified atom stereocenters. The number of hydrogen-bond acceptors (Lipinski definition) is 3. The van der Waals surface area contributed by atoms with Crippen LogP contribution in [0.15, 0.2) is 18.2 Å². The maximum Gasteiger partial charge on any atom is 0.137 e. The molecule has 17 heavy (non-hydrogen) atoms. The van der Waals surface area contributed by atoms with Crippen LogP contribution in [0.2, 0.25) is 5.02 Å². The van der Waals surface area contributed by atoms with E-state index in [4.69, 9.17) is 21.4 Å². The molecule has 2 N–H and O–H groups in total. The SMILES string of the molecule is CCOc1ccc(CN[C@H](CC)CO)cc1Cl. The van der Waals surface area contributed by atoms with E-state index in [2.05, 4.69) is 5.32 Å². The van der Waals surface area contributed by atoms with E-state index in [1.165, 1.54) is 0 Å². The van der Waals surface area contributed by atoms with Crippen LogP contribution in [0.3, 0.4) is 0 Å². The normalized spacial score (nSPS) is 12.5. The Kier molecular flexibility index (Phi) is 6.34. The Morgan fingerprint density at radius 2 is 2.18 bits per heavy atom. The Bertz CT molecular complexity index is 340. The highest BCUT2D eigenvalue weighted by Gasteiger charge is 2.05. The van der Waals surface area contributed by atoms with E-state index in [0.717, 1.165) is 12.0 Å². The maximum absolute atomic E-state index is 9.06. The Balaban J connectivity index is 2.58. The highest BCUT2D eigenvalue weighted by Crippen LogP contribution is 2.25. The number of halogens is 1. The quantitative estimate of drug-likeness (QED) is 0.789. The van der Waals surface area contributed by atoms with Crippen molar-refractivity contribution in [1.82, 2.24) is 5.32 Å². The van der Waals surface area contributed by atoms with Crippen molar-refractivity contribution in [3.05, 3.63) is 28.8 Å². The monoisotopic (exact) mass is 257 g/mol. The summed E-state index contributed by atoms with van der Waals surface area (Å²) in [6, 6.07) is 5.89. The van der Waals surface area contributed by atoms with Crippen LogP contribution >= 0.6 is 11.6 Å². The van der Waals surface area contributed by atoms with Crippen LogP contribution in [0.1, 0.15) is 25.8 Å². The van der Waals surface area contributed by atoms with Gasteiger partial charge in [0.1, 0.15) is 5.75 Å². The zero-order chi connectivity index (χ0) is 12.7. The van der Waals surface area contributed by atoms with Crippen molar-refractivity contribution in [2.24, 2.45) is 0 Å². The largest absolute Gasteiger partial charge is 0.492 e. The minimum Gasteiger partial charge on any atom is -0.492 e. The van der Waals surface area contributed by atoms with Crippen molar-refractivity contribution in [2.75, 3.05) is 13.2 Å². The van der Waals surface area contributed by atoms with Gasteiger partial charge in [-0.2, -0.15) is 0 Å². The van der Waals surface area contributed by atoms with Gasteiger partial charge < -0.3 is 15.2 Å². The fourth-order valence-corrected chi connectivity index (χ4v) is 1.78. The van der Waals surface area contributed by atoms with Crippen LogP contribution < -0.4 is 10.1 Å². The standard InChI is InChI=1S/C13H20ClNO2/c1-3-11(9-16)15-8-10-5-6-13(17-4-2)12(14)7-10/h5-7,11,15-16H,3-4,8-9H2,1-2H3/t11-/m1/s1. The molecule has 1 aromatic carbocycles. The highest BCUT2D eigenvalue weighted by atomic mass is 35.5. The Morgan fingerprint density at radius 3 is 2.71 bits per heavy atom. The van der Waals surface area contributed by atoms with Crippen LogP contribution in [0.5, 0.6) is 5.75 Å². The predicted molar refractivity (Wildman–Crippen MR) is 70.6 cm³/mol. The van der Waals surface area contributed by atoms with Crippen molar-refractivity contribution in [3.8, 4) is 5.75 Å². The van der Waals surface area contributed by atoms with Gasteiger partial charge in [0, 0.05) is 12.6 Å². The van der Waals surface area contributed by atoms with Gasteiger partial charge in [-0.25, -0.2) is 0 Å². The van der Waals surface area contributed by atoms with Crippen molar-refractivity contribution >= 4 is 11.6 Å². The average molecular weight is 258 g/mol. The summed E-state index contributed by atoms with van der Waals surface area (Å²) in [6.07, 6.45) is 0.904. The molecule has 0 radical (unpaired) electrons. The van der Waals surface area contributed by atoms with E-state index in [0.29, 0.717) is 23.9 Å². The molecule has 0 saturated heterocycles. The lowest BCUT2D eigenvalue weighted by atomic mass is 10.2. The Labute approximate surface area is 108 Å². The summed E-state index contributed by atoms with van der Waals surface area (Å²) in [4.78, 5) is 0. The number of nitrogens with one attached hydrogen (secondary N) is 1. The zero-order valence-electron chi connectivity index (χ0n) is 10.4. The first-order chi connectivity index (χ1) is 8.21. The minimum atomic E-state index is 0.139. The molecule has 1 atom stereocenters. The Morgan fingerprint density at radius 1 is 1.41 bits per heavy atom. The molecule has 0 aliphatic rings. The molecule has 96 valence electrons. The first kappa shape index (κ1) is 14.3. The summed E-state index contributed by atoms with van der Waals surface area (Å²) in [5.41, 5.74) is 1.09. The second kappa shape index (κ2) is 7.54. The number of aliphatic hydroxyl groups is 1. The van der Waals surface area contributed by atoms with Gasteiger partial charge in [-0.3, -0.25) is 0 Å². The van der Waals surface area contributed by atoms with Crippen LogP contribution in [0.25, 0.3) is 0 Å². The highest BCUT2D eigenvalue weighted by molar-refractivity contribution is 6.32. The third-order valence-corrected chi connectivity index (χ3v) is 2.90. The molecule has 0 spiro atoms. The van der Waals surface area contributed by atoms with Gasteiger partial charge in [-0.1, -0.05) is 24.6 Å². The number of rotatable bonds is 7. The van der Waals surface area contributed by atoms with Crippen LogP contribution in [0, 0.1) is 0 Å². The molecule has 0 aromatic heterocycles. The van der Waals surface area contributed by atoms with Gasteiger partial charge in [-0.05, 0) is 31.0 Å². The second-order valence-corrected chi connectivity index (χ2v) is 4.27. The molecule has 0 bridgehead atoms. The van der Waals surface area contributed by atoms with Gasteiger partial charge in [0.05, 0.1) is 18.2 Å². The molecule has 1 aromatic rings. The van der Waals surface area contributed by atoms with Gasteiger partial charge in [-0.15, -0.1) is 0 Å². The molecular formula is C13H20ClNO2. The van der Waals surface area contributed by atoms with Gasteiger partial charge in [0.15, 0.2) is 0 Å². The molecule has 1 rings (SSSR count). The van der Waals surface area contributed by atoms with E-state index in [-0.39, 0.29) is 12.6 Å². The van der Waals surface area contributed by atoms with E-state index >= 15 is 0 Å². The number of aliphatic hydroxyl groups excluding tert-OH is 1. The fourth-order valence-electron chi connectivity index (χ4n) is 1.53. The van der Waals surface area contributed by atoms with Crippen molar-refractivity contribution in [3.63, 3.8) is 0 Å². The Hall–Kier alpha value is -0.770. The molecular weight excluding hydrogens is 238 g/mol. The van der Waals surface area contributed by atoms with Crippen LogP contribution in [-0.4, -0.2) is 24.4 Å².